The fourth-order valence-corrected chi connectivity index (χ4v) is 1.52. The zero-order valence-electron chi connectivity index (χ0n) is 7.75. The highest BCUT2D eigenvalue weighted by Gasteiger charge is 2.26. The van der Waals surface area contributed by atoms with Crippen LogP contribution in [0.25, 0.3) is 0 Å². The number of rotatable bonds is 2. The van der Waals surface area contributed by atoms with Crippen LogP contribution < -0.4 is 5.73 Å². The van der Waals surface area contributed by atoms with Crippen LogP contribution in [0.5, 0.6) is 0 Å². The minimum Gasteiger partial charge on any atom is -0.330 e. The molecule has 1 unspecified atom stereocenters. The van der Waals surface area contributed by atoms with Crippen LogP contribution in [-0.4, -0.2) is 6.54 Å². The SMILES string of the molecule is CC(CN)c1c(F)c(F)c(Br)c(F)c1F. The Balaban J connectivity index is 3.52. The van der Waals surface area contributed by atoms with E-state index < -0.39 is 39.2 Å². The van der Waals surface area contributed by atoms with Crippen LogP contribution in [0.2, 0.25) is 0 Å². The number of benzene rings is 1. The molecule has 1 atom stereocenters. The highest BCUT2D eigenvalue weighted by atomic mass is 79.9. The lowest BCUT2D eigenvalue weighted by molar-refractivity contribution is 0.423. The van der Waals surface area contributed by atoms with Crippen molar-refractivity contribution in [3.05, 3.63) is 33.3 Å². The first-order valence-electron chi connectivity index (χ1n) is 4.13. The third-order valence-corrected chi connectivity index (χ3v) is 2.79. The van der Waals surface area contributed by atoms with Crippen molar-refractivity contribution >= 4 is 15.9 Å². The molecule has 1 aromatic rings. The Morgan fingerprint density at radius 1 is 1.07 bits per heavy atom. The number of hydrogen-bond donors (Lipinski definition) is 1. The van der Waals surface area contributed by atoms with Crippen molar-refractivity contribution in [1.29, 1.82) is 0 Å². The minimum absolute atomic E-state index is 0.103. The molecule has 0 radical (unpaired) electrons. The highest BCUT2D eigenvalue weighted by molar-refractivity contribution is 9.10. The lowest BCUT2D eigenvalue weighted by Gasteiger charge is -2.13. The largest absolute Gasteiger partial charge is 0.330 e. The quantitative estimate of drug-likeness (QED) is 0.504. The molecule has 0 amide bonds. The van der Waals surface area contributed by atoms with Crippen molar-refractivity contribution in [2.75, 3.05) is 6.54 Å². The van der Waals surface area contributed by atoms with Crippen molar-refractivity contribution in [2.45, 2.75) is 12.8 Å². The predicted octanol–water partition coefficient (Wildman–Crippen LogP) is 3.07. The van der Waals surface area contributed by atoms with Gasteiger partial charge in [0, 0.05) is 5.56 Å². The molecule has 0 heterocycles. The molecule has 1 aromatic carbocycles. The number of hydrogen-bond acceptors (Lipinski definition) is 1. The van der Waals surface area contributed by atoms with Gasteiger partial charge in [0.2, 0.25) is 0 Å². The summed E-state index contributed by atoms with van der Waals surface area (Å²) in [5, 5.41) is 0. The van der Waals surface area contributed by atoms with Gasteiger partial charge in [-0.3, -0.25) is 0 Å². The van der Waals surface area contributed by atoms with Gasteiger partial charge in [-0.05, 0) is 28.4 Å². The fraction of sp³-hybridized carbons (Fsp3) is 0.333. The third-order valence-electron chi connectivity index (χ3n) is 2.09. The second-order valence-corrected chi connectivity index (χ2v) is 3.91. The van der Waals surface area contributed by atoms with Crippen LogP contribution >= 0.6 is 15.9 Å². The van der Waals surface area contributed by atoms with Crippen molar-refractivity contribution in [1.82, 2.24) is 0 Å². The van der Waals surface area contributed by atoms with Crippen molar-refractivity contribution in [3.63, 3.8) is 0 Å². The Hall–Kier alpha value is -0.620. The van der Waals surface area contributed by atoms with Gasteiger partial charge in [-0.15, -0.1) is 0 Å². The summed E-state index contributed by atoms with van der Waals surface area (Å²) in [6.45, 7) is 1.28. The molecule has 2 N–H and O–H groups in total. The highest BCUT2D eigenvalue weighted by Crippen LogP contribution is 2.31. The van der Waals surface area contributed by atoms with E-state index in [9.17, 15) is 17.6 Å². The molecule has 0 aliphatic carbocycles. The maximum Gasteiger partial charge on any atom is 0.176 e. The molecule has 1 nitrogen and oxygen atoms in total. The first kappa shape index (κ1) is 12.4. The smallest absolute Gasteiger partial charge is 0.176 e. The summed E-state index contributed by atoms with van der Waals surface area (Å²) < 4.78 is 51.8. The van der Waals surface area contributed by atoms with Gasteiger partial charge in [0.1, 0.15) is 0 Å². The summed E-state index contributed by atoms with van der Waals surface area (Å²) in [6.07, 6.45) is 0. The Labute approximate surface area is 92.4 Å². The molecule has 1 rings (SSSR count). The molecular weight excluding hydrogens is 278 g/mol. The second kappa shape index (κ2) is 4.49. The number of halogens is 5. The topological polar surface area (TPSA) is 26.0 Å². The Bertz CT molecular complexity index is 365. The van der Waals surface area contributed by atoms with Crippen LogP contribution in [0, 0.1) is 23.3 Å². The van der Waals surface area contributed by atoms with Gasteiger partial charge in [0.25, 0.3) is 0 Å². The van der Waals surface area contributed by atoms with Gasteiger partial charge in [0.15, 0.2) is 23.3 Å². The molecule has 0 bridgehead atoms. The van der Waals surface area contributed by atoms with E-state index in [0.29, 0.717) is 0 Å². The molecule has 0 aliphatic rings. The minimum atomic E-state index is -1.44. The molecule has 0 aliphatic heterocycles. The maximum atomic E-state index is 13.3. The summed E-state index contributed by atoms with van der Waals surface area (Å²) in [5.74, 6) is -6.48. The van der Waals surface area contributed by atoms with E-state index in [2.05, 4.69) is 15.9 Å². The summed E-state index contributed by atoms with van der Waals surface area (Å²) >= 11 is 2.42. The van der Waals surface area contributed by atoms with Crippen LogP contribution in [0.4, 0.5) is 17.6 Å². The van der Waals surface area contributed by atoms with E-state index in [1.807, 2.05) is 0 Å². The summed E-state index contributed by atoms with van der Waals surface area (Å²) in [5.41, 5.74) is 4.53. The molecule has 0 aromatic heterocycles. The van der Waals surface area contributed by atoms with Crippen molar-refractivity contribution in [3.8, 4) is 0 Å². The zero-order valence-corrected chi connectivity index (χ0v) is 9.34. The molecule has 0 saturated heterocycles. The maximum absolute atomic E-state index is 13.3. The van der Waals surface area contributed by atoms with E-state index in [4.69, 9.17) is 5.73 Å². The standard InChI is InChI=1S/C9H8BrF4N/c1-3(2-15)4-6(11)8(13)5(10)9(14)7(4)12/h3H,2,15H2,1H3. The van der Waals surface area contributed by atoms with Gasteiger partial charge in [0.05, 0.1) is 4.47 Å². The summed E-state index contributed by atoms with van der Waals surface area (Å²) in [4.78, 5) is 0. The predicted molar refractivity (Wildman–Crippen MR) is 51.4 cm³/mol. The number of nitrogens with two attached hydrogens (primary N) is 1. The van der Waals surface area contributed by atoms with E-state index >= 15 is 0 Å². The van der Waals surface area contributed by atoms with E-state index in [1.54, 1.807) is 0 Å². The lowest BCUT2D eigenvalue weighted by Crippen LogP contribution is -2.15. The lowest BCUT2D eigenvalue weighted by atomic mass is 9.99. The Morgan fingerprint density at radius 3 is 1.80 bits per heavy atom. The van der Waals surface area contributed by atoms with E-state index in [0.717, 1.165) is 0 Å². The third kappa shape index (κ3) is 2.01. The molecule has 15 heavy (non-hydrogen) atoms. The first-order valence-corrected chi connectivity index (χ1v) is 4.92. The Morgan fingerprint density at radius 2 is 1.47 bits per heavy atom. The van der Waals surface area contributed by atoms with Gasteiger partial charge in [-0.25, -0.2) is 17.6 Å². The van der Waals surface area contributed by atoms with Crippen molar-refractivity contribution in [2.24, 2.45) is 5.73 Å². The van der Waals surface area contributed by atoms with Gasteiger partial charge < -0.3 is 5.73 Å². The molecule has 0 spiro atoms. The van der Waals surface area contributed by atoms with Gasteiger partial charge in [-0.2, -0.15) is 0 Å². The summed E-state index contributed by atoms with van der Waals surface area (Å²) in [6, 6.07) is 0. The van der Waals surface area contributed by atoms with Crippen molar-refractivity contribution < 1.29 is 17.6 Å². The van der Waals surface area contributed by atoms with Crippen LogP contribution in [0.15, 0.2) is 4.47 Å². The van der Waals surface area contributed by atoms with Gasteiger partial charge >= 0.3 is 0 Å². The average Bonchev–Trinajstić information content (AvgIpc) is 2.23. The molecule has 0 fully saturated rings. The van der Waals surface area contributed by atoms with Crippen LogP contribution in [0.3, 0.4) is 0 Å². The molecular formula is C9H8BrF4N. The second-order valence-electron chi connectivity index (χ2n) is 3.12. The molecule has 6 heteroatoms. The molecule has 0 saturated carbocycles. The normalized spacial score (nSPS) is 13.0. The Kier molecular flexibility index (Phi) is 3.72. The zero-order chi connectivity index (χ0) is 11.7. The summed E-state index contributed by atoms with van der Waals surface area (Å²) in [7, 11) is 0. The van der Waals surface area contributed by atoms with E-state index in [1.165, 1.54) is 6.92 Å². The van der Waals surface area contributed by atoms with Crippen LogP contribution in [0.1, 0.15) is 18.4 Å². The monoisotopic (exact) mass is 285 g/mol. The first-order chi connectivity index (χ1) is 6.91. The van der Waals surface area contributed by atoms with Crippen LogP contribution in [-0.2, 0) is 0 Å². The molecule has 84 valence electrons. The average molecular weight is 286 g/mol. The fourth-order valence-electron chi connectivity index (χ4n) is 1.17. The van der Waals surface area contributed by atoms with E-state index in [-0.39, 0.29) is 6.54 Å². The van der Waals surface area contributed by atoms with Gasteiger partial charge in [-0.1, -0.05) is 6.92 Å².